The quantitative estimate of drug-likeness (QED) is 0.836. The van der Waals surface area contributed by atoms with Crippen LogP contribution in [-0.2, 0) is 9.59 Å². The number of rotatable bonds is 3. The van der Waals surface area contributed by atoms with Crippen molar-refractivity contribution in [3.63, 3.8) is 0 Å². The van der Waals surface area contributed by atoms with Gasteiger partial charge in [-0.3, -0.25) is 14.4 Å². The van der Waals surface area contributed by atoms with Gasteiger partial charge in [0, 0.05) is 24.7 Å². The number of nitrogens with one attached hydrogen (secondary N) is 1. The largest absolute Gasteiger partial charge is 0.334 e. The Morgan fingerprint density at radius 1 is 1.26 bits per heavy atom. The number of carbonyl (C=O) groups excluding carboxylic acids is 3. The number of ketones is 1. The van der Waals surface area contributed by atoms with Crippen molar-refractivity contribution >= 4 is 23.3 Å². The Morgan fingerprint density at radius 3 is 2.37 bits per heavy atom. The van der Waals surface area contributed by atoms with Crippen LogP contribution in [-0.4, -0.2) is 35.6 Å². The minimum Gasteiger partial charge on any atom is -0.334 e. The van der Waals surface area contributed by atoms with Crippen molar-refractivity contribution < 1.29 is 14.4 Å². The molecule has 5 heteroatoms. The van der Waals surface area contributed by atoms with Gasteiger partial charge in [0.2, 0.25) is 11.8 Å². The summed E-state index contributed by atoms with van der Waals surface area (Å²) in [5.74, 6) is -0.213. The van der Waals surface area contributed by atoms with E-state index in [0.29, 0.717) is 24.1 Å². The first kappa shape index (κ1) is 13.3. The molecule has 0 aromatic heterocycles. The smallest absolute Gasteiger partial charge is 0.247 e. The first-order chi connectivity index (χ1) is 8.99. The topological polar surface area (TPSA) is 66.5 Å². The molecule has 1 atom stereocenters. The molecule has 1 heterocycles. The highest BCUT2D eigenvalue weighted by Gasteiger charge is 2.33. The number of likely N-dealkylation sites (tertiary alicyclic amines) is 1. The fourth-order valence-electron chi connectivity index (χ4n) is 2.12. The Kier molecular flexibility index (Phi) is 3.64. The van der Waals surface area contributed by atoms with Gasteiger partial charge < -0.3 is 10.2 Å². The van der Waals surface area contributed by atoms with Gasteiger partial charge in [-0.25, -0.2) is 0 Å². The maximum absolute atomic E-state index is 12.0. The van der Waals surface area contributed by atoms with Crippen LogP contribution in [0.2, 0.25) is 0 Å². The highest BCUT2D eigenvalue weighted by atomic mass is 16.2. The number of carbonyl (C=O) groups is 3. The molecular formula is C14H16N2O3. The summed E-state index contributed by atoms with van der Waals surface area (Å²) in [6, 6.07) is 6.31. The van der Waals surface area contributed by atoms with Crippen molar-refractivity contribution in [1.29, 1.82) is 0 Å². The number of amides is 2. The first-order valence-corrected chi connectivity index (χ1v) is 6.16. The van der Waals surface area contributed by atoms with Crippen molar-refractivity contribution in [1.82, 2.24) is 4.90 Å². The average molecular weight is 260 g/mol. The number of benzene rings is 1. The summed E-state index contributed by atoms with van der Waals surface area (Å²) in [5.41, 5.74) is 1.23. The zero-order chi connectivity index (χ0) is 14.0. The van der Waals surface area contributed by atoms with Crippen LogP contribution in [0.25, 0.3) is 0 Å². The number of Topliss-reactive ketones (excluding diaryl/α,β-unsaturated/α-hetero) is 1. The second kappa shape index (κ2) is 5.22. The van der Waals surface area contributed by atoms with Crippen LogP contribution in [0.4, 0.5) is 5.69 Å². The molecule has 5 nitrogen and oxygen atoms in total. The maximum atomic E-state index is 12.0. The minimum absolute atomic E-state index is 0.00734. The van der Waals surface area contributed by atoms with Crippen molar-refractivity contribution in [3.8, 4) is 0 Å². The number of hydrogen-bond donors (Lipinski definition) is 1. The molecule has 1 N–H and O–H groups in total. The van der Waals surface area contributed by atoms with Crippen LogP contribution < -0.4 is 5.32 Å². The molecule has 0 spiro atoms. The van der Waals surface area contributed by atoms with E-state index in [9.17, 15) is 14.4 Å². The van der Waals surface area contributed by atoms with Crippen LogP contribution in [0.1, 0.15) is 30.1 Å². The SMILES string of the molecule is CC(=O)c1ccc(NC(=O)C2CCC(=O)N2C)cc1. The van der Waals surface area contributed by atoms with Crippen LogP contribution in [0.15, 0.2) is 24.3 Å². The standard InChI is InChI=1S/C14H16N2O3/c1-9(17)10-3-5-11(6-4-10)15-14(19)12-7-8-13(18)16(12)2/h3-6,12H,7-8H2,1-2H3,(H,15,19). The predicted molar refractivity (Wildman–Crippen MR) is 70.9 cm³/mol. The molecular weight excluding hydrogens is 244 g/mol. The highest BCUT2D eigenvalue weighted by molar-refractivity contribution is 5.99. The van der Waals surface area contributed by atoms with Crippen LogP contribution >= 0.6 is 0 Å². The lowest BCUT2D eigenvalue weighted by Crippen LogP contribution is -2.38. The molecule has 1 fully saturated rings. The first-order valence-electron chi connectivity index (χ1n) is 6.16. The van der Waals surface area contributed by atoms with E-state index in [1.807, 2.05) is 0 Å². The number of likely N-dealkylation sites (N-methyl/N-ethyl adjacent to an activating group) is 1. The highest BCUT2D eigenvalue weighted by Crippen LogP contribution is 2.18. The van der Waals surface area contributed by atoms with Gasteiger partial charge in [0.15, 0.2) is 5.78 Å². The Morgan fingerprint density at radius 2 is 1.89 bits per heavy atom. The molecule has 2 amide bonds. The predicted octanol–water partition coefficient (Wildman–Crippen LogP) is 1.45. The van der Waals surface area contributed by atoms with Gasteiger partial charge in [-0.1, -0.05) is 0 Å². The summed E-state index contributed by atoms with van der Waals surface area (Å²) in [7, 11) is 1.64. The van der Waals surface area contributed by atoms with E-state index in [0.717, 1.165) is 0 Å². The minimum atomic E-state index is -0.403. The maximum Gasteiger partial charge on any atom is 0.247 e. The second-order valence-corrected chi connectivity index (χ2v) is 4.68. The normalized spacial score (nSPS) is 18.5. The van der Waals surface area contributed by atoms with Crippen LogP contribution in [0.5, 0.6) is 0 Å². The summed E-state index contributed by atoms with van der Waals surface area (Å²) in [4.78, 5) is 36.0. The van der Waals surface area contributed by atoms with Gasteiger partial charge >= 0.3 is 0 Å². The molecule has 1 aromatic rings. The summed E-state index contributed by atoms with van der Waals surface area (Å²) in [5, 5.41) is 2.76. The summed E-state index contributed by atoms with van der Waals surface area (Å²) < 4.78 is 0. The van der Waals surface area contributed by atoms with E-state index in [4.69, 9.17) is 0 Å². The van der Waals surface area contributed by atoms with Crippen molar-refractivity contribution in [3.05, 3.63) is 29.8 Å². The van der Waals surface area contributed by atoms with Crippen molar-refractivity contribution in [2.75, 3.05) is 12.4 Å². The Bertz CT molecular complexity index is 522. The van der Waals surface area contributed by atoms with Crippen molar-refractivity contribution in [2.45, 2.75) is 25.8 Å². The van der Waals surface area contributed by atoms with Gasteiger partial charge in [0.1, 0.15) is 6.04 Å². The molecule has 0 saturated carbocycles. The lowest BCUT2D eigenvalue weighted by atomic mass is 10.1. The molecule has 0 aliphatic carbocycles. The molecule has 1 aliphatic rings. The van der Waals surface area contributed by atoms with Gasteiger partial charge in [-0.2, -0.15) is 0 Å². The molecule has 1 unspecified atom stereocenters. The van der Waals surface area contributed by atoms with E-state index >= 15 is 0 Å². The fourth-order valence-corrected chi connectivity index (χ4v) is 2.12. The molecule has 1 aromatic carbocycles. The summed E-state index contributed by atoms with van der Waals surface area (Å²) >= 11 is 0. The summed E-state index contributed by atoms with van der Waals surface area (Å²) in [6.45, 7) is 1.49. The Balaban J connectivity index is 2.03. The monoisotopic (exact) mass is 260 g/mol. The van der Waals surface area contributed by atoms with Gasteiger partial charge in [-0.15, -0.1) is 0 Å². The molecule has 100 valence electrons. The Hall–Kier alpha value is -2.17. The third-order valence-electron chi connectivity index (χ3n) is 3.35. The van der Waals surface area contributed by atoms with E-state index in [2.05, 4.69) is 5.32 Å². The lowest BCUT2D eigenvalue weighted by molar-refractivity contribution is -0.131. The van der Waals surface area contributed by atoms with Crippen molar-refractivity contribution in [2.24, 2.45) is 0 Å². The molecule has 1 aliphatic heterocycles. The zero-order valence-corrected chi connectivity index (χ0v) is 11.0. The fraction of sp³-hybridized carbons (Fsp3) is 0.357. The van der Waals surface area contributed by atoms with E-state index < -0.39 is 6.04 Å². The molecule has 1 saturated heterocycles. The molecule has 0 radical (unpaired) electrons. The Labute approximate surface area is 111 Å². The zero-order valence-electron chi connectivity index (χ0n) is 11.0. The average Bonchev–Trinajstić information content (AvgIpc) is 2.70. The number of anilines is 1. The third kappa shape index (κ3) is 2.81. The third-order valence-corrected chi connectivity index (χ3v) is 3.35. The van der Waals surface area contributed by atoms with Gasteiger partial charge in [0.25, 0.3) is 0 Å². The summed E-state index contributed by atoms with van der Waals surface area (Å²) in [6.07, 6.45) is 0.963. The van der Waals surface area contributed by atoms with Gasteiger partial charge in [0.05, 0.1) is 0 Å². The number of hydrogen-bond acceptors (Lipinski definition) is 3. The molecule has 19 heavy (non-hydrogen) atoms. The van der Waals surface area contributed by atoms with Crippen LogP contribution in [0, 0.1) is 0 Å². The van der Waals surface area contributed by atoms with E-state index in [1.54, 1.807) is 31.3 Å². The van der Waals surface area contributed by atoms with Crippen LogP contribution in [0.3, 0.4) is 0 Å². The lowest BCUT2D eigenvalue weighted by Gasteiger charge is -2.19. The molecule has 0 bridgehead atoms. The van der Waals surface area contributed by atoms with E-state index in [-0.39, 0.29) is 17.6 Å². The van der Waals surface area contributed by atoms with E-state index in [1.165, 1.54) is 11.8 Å². The van der Waals surface area contributed by atoms with Gasteiger partial charge in [-0.05, 0) is 37.6 Å². The second-order valence-electron chi connectivity index (χ2n) is 4.68. The molecule has 2 rings (SSSR count). The number of nitrogens with zero attached hydrogens (tertiary/aromatic N) is 1.